The van der Waals surface area contributed by atoms with Crippen molar-refractivity contribution in [3.8, 4) is 5.75 Å². The first-order valence-corrected chi connectivity index (χ1v) is 12.8. The summed E-state index contributed by atoms with van der Waals surface area (Å²) >= 11 is 0. The molecule has 0 spiro atoms. The number of phenols is 1. The third-order valence-electron chi connectivity index (χ3n) is 7.21. The van der Waals surface area contributed by atoms with Crippen LogP contribution in [0.1, 0.15) is 17.5 Å². The van der Waals surface area contributed by atoms with Crippen molar-refractivity contribution in [2.24, 2.45) is 17.6 Å². The van der Waals surface area contributed by atoms with Crippen molar-refractivity contribution >= 4 is 45.0 Å². The highest BCUT2D eigenvalue weighted by molar-refractivity contribution is 7.79. The highest BCUT2D eigenvalue weighted by Gasteiger charge is 2.64. The standard InChI is InChI=1S/C23H28N4O7.H2O4S/c1-26(2)12-7-11(24)17(28)14-9(12)5-8-6-10-16(27(3)4)19(30)15(22(25)33)21(32)23(10,34)20(31)13(8)18(14)29;1-5(2,3)4/h7-8,10,16,28-29,32,34H,5-6,24H2,1-4H3,(H2,25,33);(H2,1,2,3,4)/t8?,10?,16-,23?;/m0./s1. The number of primary amides is 1. The van der Waals surface area contributed by atoms with Crippen molar-refractivity contribution < 1.29 is 52.3 Å². The van der Waals surface area contributed by atoms with Gasteiger partial charge in [-0.05, 0) is 44.5 Å². The lowest BCUT2D eigenvalue weighted by Gasteiger charge is -2.50. The summed E-state index contributed by atoms with van der Waals surface area (Å²) < 4.78 is 31.6. The van der Waals surface area contributed by atoms with Gasteiger partial charge in [0.25, 0.3) is 5.91 Å². The number of Topliss-reactive ketones (excluding diaryl/α,β-unsaturated/α-hetero) is 2. The Labute approximate surface area is 223 Å². The number of amides is 1. The molecule has 15 nitrogen and oxygen atoms in total. The van der Waals surface area contributed by atoms with E-state index in [0.29, 0.717) is 11.3 Å². The third-order valence-corrected chi connectivity index (χ3v) is 7.21. The van der Waals surface area contributed by atoms with E-state index >= 15 is 0 Å². The minimum atomic E-state index is -4.67. The number of hydrogen-bond donors (Lipinski definition) is 8. The molecule has 1 amide bonds. The second-order valence-electron chi connectivity index (χ2n) is 9.99. The lowest BCUT2D eigenvalue weighted by molar-refractivity contribution is -0.153. The molecular weight excluding hydrogens is 540 g/mol. The maximum Gasteiger partial charge on any atom is 0.394 e. The zero-order valence-corrected chi connectivity index (χ0v) is 22.2. The van der Waals surface area contributed by atoms with Gasteiger partial charge in [-0.1, -0.05) is 0 Å². The topological polar surface area (TPSA) is 265 Å². The Morgan fingerprint density at radius 1 is 1.10 bits per heavy atom. The average Bonchev–Trinajstić information content (AvgIpc) is 2.76. The highest BCUT2D eigenvalue weighted by Crippen LogP contribution is 2.54. The Morgan fingerprint density at radius 2 is 1.64 bits per heavy atom. The van der Waals surface area contributed by atoms with Gasteiger partial charge < -0.3 is 36.8 Å². The minimum absolute atomic E-state index is 0.0115. The molecule has 1 aromatic rings. The van der Waals surface area contributed by atoms with Crippen molar-refractivity contribution in [1.29, 1.82) is 0 Å². The van der Waals surface area contributed by atoms with Crippen LogP contribution in [-0.4, -0.2) is 100 Å². The van der Waals surface area contributed by atoms with E-state index in [0.717, 1.165) is 0 Å². The maximum atomic E-state index is 13.7. The number of phenolic OH excluding ortho intramolecular Hbond substituents is 1. The summed E-state index contributed by atoms with van der Waals surface area (Å²) in [5, 5.41) is 44.2. The van der Waals surface area contributed by atoms with Gasteiger partial charge in [0, 0.05) is 31.3 Å². The Hall–Kier alpha value is -3.70. The smallest absolute Gasteiger partial charge is 0.394 e. The van der Waals surface area contributed by atoms with Crippen molar-refractivity contribution in [2.75, 3.05) is 38.8 Å². The molecule has 0 aliphatic heterocycles. The van der Waals surface area contributed by atoms with Crippen molar-refractivity contribution in [1.82, 2.24) is 4.90 Å². The number of fused-ring (bicyclic) bond motifs is 3. The van der Waals surface area contributed by atoms with Gasteiger partial charge in [0.15, 0.2) is 11.4 Å². The SMILES string of the molecule is CN(C)c1cc(N)c(O)c2c1CC1CC3[C@H](N(C)C)C(=O)C(C(N)=O)=C(O)C3(O)C(=O)C1=C2O.O=S(=O)(O)O. The molecule has 0 bridgehead atoms. The summed E-state index contributed by atoms with van der Waals surface area (Å²) in [5.74, 6) is -6.95. The number of hydrogen-bond acceptors (Lipinski definition) is 12. The molecule has 1 fully saturated rings. The van der Waals surface area contributed by atoms with Crippen LogP contribution in [0.2, 0.25) is 0 Å². The molecule has 4 rings (SSSR count). The second kappa shape index (κ2) is 9.80. The molecule has 4 atom stereocenters. The summed E-state index contributed by atoms with van der Waals surface area (Å²) in [6.45, 7) is 0. The fourth-order valence-electron chi connectivity index (χ4n) is 5.71. The number of nitrogens with zero attached hydrogens (tertiary/aromatic N) is 2. The van der Waals surface area contributed by atoms with Gasteiger partial charge in [-0.25, -0.2) is 0 Å². The number of carbonyl (C=O) groups excluding carboxylic acids is 3. The number of benzene rings is 1. The van der Waals surface area contributed by atoms with Crippen LogP contribution in [0.5, 0.6) is 5.75 Å². The molecule has 0 heterocycles. The van der Waals surface area contributed by atoms with E-state index in [1.807, 2.05) is 0 Å². The van der Waals surface area contributed by atoms with Gasteiger partial charge in [0.2, 0.25) is 5.78 Å². The van der Waals surface area contributed by atoms with Gasteiger partial charge in [-0.15, -0.1) is 0 Å². The average molecular weight is 571 g/mol. The van der Waals surface area contributed by atoms with Crippen LogP contribution in [0.15, 0.2) is 23.0 Å². The molecule has 3 aliphatic carbocycles. The zero-order valence-electron chi connectivity index (χ0n) is 21.4. The first-order chi connectivity index (χ1) is 17.7. The molecule has 39 heavy (non-hydrogen) atoms. The van der Waals surface area contributed by atoms with E-state index < -0.39 is 74.2 Å². The van der Waals surface area contributed by atoms with Gasteiger partial charge in [0.1, 0.15) is 22.8 Å². The van der Waals surface area contributed by atoms with Crippen LogP contribution in [0.4, 0.5) is 11.4 Å². The molecule has 1 aromatic carbocycles. The molecular formula is C23H30N4O11S. The molecule has 3 aliphatic rings. The number of nitrogens with two attached hydrogens (primary N) is 2. The molecule has 16 heteroatoms. The number of nitrogen functional groups attached to an aromatic ring is 1. The van der Waals surface area contributed by atoms with Gasteiger partial charge in [-0.3, -0.25) is 28.4 Å². The summed E-state index contributed by atoms with van der Waals surface area (Å²) in [6, 6.07) is 0.444. The van der Waals surface area contributed by atoms with E-state index in [1.54, 1.807) is 39.2 Å². The van der Waals surface area contributed by atoms with E-state index in [4.69, 9.17) is 29.0 Å². The fourth-order valence-corrected chi connectivity index (χ4v) is 5.71. The summed E-state index contributed by atoms with van der Waals surface area (Å²) in [7, 11) is 1.98. The van der Waals surface area contributed by atoms with Crippen LogP contribution in [0, 0.1) is 11.8 Å². The van der Waals surface area contributed by atoms with Crippen LogP contribution in [0.25, 0.3) is 5.76 Å². The normalized spacial score (nSPS) is 26.4. The largest absolute Gasteiger partial charge is 0.508 e. The second-order valence-corrected chi connectivity index (χ2v) is 10.9. The summed E-state index contributed by atoms with van der Waals surface area (Å²) in [5.41, 5.74) is 8.68. The maximum absolute atomic E-state index is 13.7. The highest BCUT2D eigenvalue weighted by atomic mass is 32.3. The van der Waals surface area contributed by atoms with Gasteiger partial charge >= 0.3 is 10.4 Å². The Morgan fingerprint density at radius 3 is 2.10 bits per heavy atom. The molecule has 0 radical (unpaired) electrons. The Kier molecular flexibility index (Phi) is 7.50. The molecule has 0 saturated heterocycles. The number of rotatable bonds is 3. The third kappa shape index (κ3) is 4.80. The lowest BCUT2D eigenvalue weighted by Crippen LogP contribution is -2.65. The predicted molar refractivity (Wildman–Crippen MR) is 137 cm³/mol. The summed E-state index contributed by atoms with van der Waals surface area (Å²) in [6.07, 6.45) is 0.236. The molecule has 1 saturated carbocycles. The van der Waals surface area contributed by atoms with Crippen molar-refractivity contribution in [2.45, 2.75) is 24.5 Å². The van der Waals surface area contributed by atoms with E-state index in [2.05, 4.69) is 0 Å². The van der Waals surface area contributed by atoms with Crippen LogP contribution >= 0.6 is 0 Å². The van der Waals surface area contributed by atoms with Crippen molar-refractivity contribution in [3.63, 3.8) is 0 Å². The number of aromatic hydroxyl groups is 1. The van der Waals surface area contributed by atoms with E-state index in [9.17, 15) is 34.8 Å². The number of carbonyl (C=O) groups is 3. The number of anilines is 2. The van der Waals surface area contributed by atoms with Crippen LogP contribution < -0.4 is 16.4 Å². The predicted octanol–water partition coefficient (Wildman–Crippen LogP) is -1.04. The Balaban J connectivity index is 0.000000771. The summed E-state index contributed by atoms with van der Waals surface area (Å²) in [4.78, 5) is 42.0. The van der Waals surface area contributed by atoms with Crippen LogP contribution in [0.3, 0.4) is 0 Å². The molecule has 3 unspecified atom stereocenters. The van der Waals surface area contributed by atoms with E-state index in [-0.39, 0.29) is 29.7 Å². The molecule has 214 valence electrons. The number of aliphatic hydroxyl groups excluding tert-OH is 2. The van der Waals surface area contributed by atoms with Crippen LogP contribution in [-0.2, 0) is 31.2 Å². The van der Waals surface area contributed by atoms with E-state index in [1.165, 1.54) is 4.90 Å². The first kappa shape index (κ1) is 29.9. The number of likely N-dealkylation sites (N-methyl/N-ethyl adjacent to an activating group) is 1. The zero-order chi connectivity index (χ0) is 29.9. The van der Waals surface area contributed by atoms with Gasteiger partial charge in [0.05, 0.1) is 17.3 Å². The van der Waals surface area contributed by atoms with Gasteiger partial charge in [-0.2, -0.15) is 8.42 Å². The quantitative estimate of drug-likeness (QED) is 0.0934. The number of aliphatic hydroxyl groups is 3. The first-order valence-electron chi connectivity index (χ1n) is 11.4. The Bertz CT molecular complexity index is 1440. The monoisotopic (exact) mass is 570 g/mol. The number of ketones is 2. The lowest BCUT2D eigenvalue weighted by atomic mass is 9.57. The molecule has 10 N–H and O–H groups in total. The van der Waals surface area contributed by atoms with Crippen molar-refractivity contribution in [3.05, 3.63) is 34.1 Å². The molecule has 0 aromatic heterocycles. The minimum Gasteiger partial charge on any atom is -0.508 e. The fraction of sp³-hybridized carbons (Fsp3) is 0.435.